The molecule has 0 N–H and O–H groups in total. The minimum Gasteiger partial charge on any atom is -0.224 e. The van der Waals surface area contributed by atoms with Crippen molar-refractivity contribution in [3.63, 3.8) is 0 Å². The highest BCUT2D eigenvalue weighted by Crippen LogP contribution is 2.25. The summed E-state index contributed by atoms with van der Waals surface area (Å²) in [4.78, 5) is 0.308. The molecule has 0 aliphatic heterocycles. The van der Waals surface area contributed by atoms with Crippen LogP contribution in [0.1, 0.15) is 11.1 Å². The zero-order chi connectivity index (χ0) is 10.2. The van der Waals surface area contributed by atoms with Gasteiger partial charge in [-0.25, -0.2) is 8.42 Å². The molecule has 0 amide bonds. The monoisotopic (exact) mass is 218 g/mol. The highest BCUT2D eigenvalue weighted by Gasteiger charge is 2.13. The van der Waals surface area contributed by atoms with Crippen molar-refractivity contribution in [2.24, 2.45) is 0 Å². The quantitative estimate of drug-likeness (QED) is 0.725. The molecular weight excluding hydrogens is 208 g/mol. The fourth-order valence-electron chi connectivity index (χ4n) is 1.20. The van der Waals surface area contributed by atoms with Crippen molar-refractivity contribution in [2.45, 2.75) is 18.7 Å². The summed E-state index contributed by atoms with van der Waals surface area (Å²) < 4.78 is 22.5. The van der Waals surface area contributed by atoms with E-state index in [9.17, 15) is 8.42 Å². The molecule has 2 nitrogen and oxygen atoms in total. The van der Waals surface area contributed by atoms with Crippen LogP contribution in [0.3, 0.4) is 0 Å². The van der Waals surface area contributed by atoms with Crippen LogP contribution in [0.4, 0.5) is 0 Å². The van der Waals surface area contributed by atoms with Gasteiger partial charge < -0.3 is 0 Å². The largest absolute Gasteiger partial charge is 0.224 e. The second-order valence-electron chi connectivity index (χ2n) is 3.09. The van der Waals surface area contributed by atoms with Crippen LogP contribution in [-0.2, 0) is 9.84 Å². The van der Waals surface area contributed by atoms with E-state index in [0.717, 1.165) is 5.56 Å². The molecule has 0 aliphatic carbocycles. The minimum absolute atomic E-state index is 0.308. The lowest BCUT2D eigenvalue weighted by molar-refractivity contribution is 0.601. The van der Waals surface area contributed by atoms with Crippen LogP contribution in [0.25, 0.3) is 0 Å². The standard InChI is InChI=1S/C9H11ClO2S/c1-6-4-5-8(13(3,11)12)7(2)9(6)10/h4-5H,1-3H3. The molecule has 0 radical (unpaired) electrons. The lowest BCUT2D eigenvalue weighted by Gasteiger charge is -2.07. The Labute approximate surface area is 83.5 Å². The highest BCUT2D eigenvalue weighted by molar-refractivity contribution is 7.90. The Bertz CT molecular complexity index is 435. The molecule has 1 rings (SSSR count). The zero-order valence-corrected chi connectivity index (χ0v) is 9.33. The molecule has 0 bridgehead atoms. The van der Waals surface area contributed by atoms with Gasteiger partial charge in [-0.1, -0.05) is 17.7 Å². The Morgan fingerprint density at radius 3 is 2.23 bits per heavy atom. The van der Waals surface area contributed by atoms with Crippen LogP contribution in [0.15, 0.2) is 17.0 Å². The van der Waals surface area contributed by atoms with Crippen LogP contribution < -0.4 is 0 Å². The number of aryl methyl sites for hydroxylation is 1. The first kappa shape index (κ1) is 10.5. The summed E-state index contributed by atoms with van der Waals surface area (Å²) in [5.74, 6) is 0. The van der Waals surface area contributed by atoms with E-state index < -0.39 is 9.84 Å². The molecule has 13 heavy (non-hydrogen) atoms. The molecule has 0 heterocycles. The molecule has 0 aliphatic rings. The number of sulfone groups is 1. The molecular formula is C9H11ClO2S. The molecule has 0 saturated carbocycles. The first-order chi connectivity index (χ1) is 5.84. The first-order valence-electron chi connectivity index (χ1n) is 3.80. The Morgan fingerprint density at radius 2 is 1.77 bits per heavy atom. The van der Waals surface area contributed by atoms with Crippen molar-refractivity contribution in [1.29, 1.82) is 0 Å². The normalized spacial score (nSPS) is 11.7. The molecule has 1 aromatic rings. The highest BCUT2D eigenvalue weighted by atomic mass is 35.5. The summed E-state index contributed by atoms with van der Waals surface area (Å²) in [7, 11) is -3.16. The molecule has 0 atom stereocenters. The maximum atomic E-state index is 11.3. The van der Waals surface area contributed by atoms with Crippen molar-refractivity contribution in [1.82, 2.24) is 0 Å². The van der Waals surface area contributed by atoms with E-state index in [1.807, 2.05) is 6.92 Å². The Morgan fingerprint density at radius 1 is 1.23 bits per heavy atom. The van der Waals surface area contributed by atoms with Crippen molar-refractivity contribution >= 4 is 21.4 Å². The van der Waals surface area contributed by atoms with Crippen molar-refractivity contribution in [2.75, 3.05) is 6.26 Å². The predicted molar refractivity (Wildman–Crippen MR) is 54.0 cm³/mol. The van der Waals surface area contributed by atoms with E-state index in [-0.39, 0.29) is 0 Å². The number of hydrogen-bond donors (Lipinski definition) is 0. The molecule has 72 valence electrons. The van der Waals surface area contributed by atoms with Crippen molar-refractivity contribution in [3.8, 4) is 0 Å². The average molecular weight is 219 g/mol. The van der Waals surface area contributed by atoms with Gasteiger partial charge in [-0.3, -0.25) is 0 Å². The van der Waals surface area contributed by atoms with Crippen LogP contribution in [0, 0.1) is 13.8 Å². The fourth-order valence-corrected chi connectivity index (χ4v) is 2.40. The van der Waals surface area contributed by atoms with Crippen LogP contribution in [-0.4, -0.2) is 14.7 Å². The summed E-state index contributed by atoms with van der Waals surface area (Å²) in [6, 6.07) is 3.30. The zero-order valence-electron chi connectivity index (χ0n) is 7.76. The number of rotatable bonds is 1. The van der Waals surface area contributed by atoms with Gasteiger partial charge in [0.1, 0.15) is 0 Å². The van der Waals surface area contributed by atoms with Gasteiger partial charge in [0.15, 0.2) is 9.84 Å². The van der Waals surface area contributed by atoms with Gasteiger partial charge in [0, 0.05) is 11.3 Å². The van der Waals surface area contributed by atoms with Gasteiger partial charge in [0.2, 0.25) is 0 Å². The van der Waals surface area contributed by atoms with E-state index in [1.165, 1.54) is 6.26 Å². The fraction of sp³-hybridized carbons (Fsp3) is 0.333. The van der Waals surface area contributed by atoms with Crippen LogP contribution in [0.5, 0.6) is 0 Å². The minimum atomic E-state index is -3.16. The topological polar surface area (TPSA) is 34.1 Å². The second kappa shape index (κ2) is 3.31. The summed E-state index contributed by atoms with van der Waals surface area (Å²) in [6.45, 7) is 3.56. The summed E-state index contributed by atoms with van der Waals surface area (Å²) >= 11 is 5.92. The third kappa shape index (κ3) is 2.03. The summed E-state index contributed by atoms with van der Waals surface area (Å²) in [5, 5.41) is 0.530. The number of benzene rings is 1. The lowest BCUT2D eigenvalue weighted by Crippen LogP contribution is -2.00. The van der Waals surface area contributed by atoms with Gasteiger partial charge in [-0.05, 0) is 31.0 Å². The molecule has 4 heteroatoms. The molecule has 0 fully saturated rings. The molecule has 0 saturated heterocycles. The van der Waals surface area contributed by atoms with E-state index in [2.05, 4.69) is 0 Å². The van der Waals surface area contributed by atoms with Crippen LogP contribution >= 0.6 is 11.6 Å². The van der Waals surface area contributed by atoms with Crippen molar-refractivity contribution in [3.05, 3.63) is 28.3 Å². The summed E-state index contributed by atoms with van der Waals surface area (Å²) in [6.07, 6.45) is 1.18. The maximum absolute atomic E-state index is 11.3. The summed E-state index contributed by atoms with van der Waals surface area (Å²) in [5.41, 5.74) is 1.52. The van der Waals surface area contributed by atoms with Crippen molar-refractivity contribution < 1.29 is 8.42 Å². The number of halogens is 1. The maximum Gasteiger partial charge on any atom is 0.175 e. The van der Waals surface area contributed by atoms with Crippen LogP contribution in [0.2, 0.25) is 5.02 Å². The van der Waals surface area contributed by atoms with Gasteiger partial charge >= 0.3 is 0 Å². The molecule has 1 aromatic carbocycles. The first-order valence-corrected chi connectivity index (χ1v) is 6.06. The van der Waals surface area contributed by atoms with E-state index in [4.69, 9.17) is 11.6 Å². The van der Waals surface area contributed by atoms with Gasteiger partial charge in [-0.2, -0.15) is 0 Å². The van der Waals surface area contributed by atoms with Gasteiger partial charge in [-0.15, -0.1) is 0 Å². The van der Waals surface area contributed by atoms with E-state index >= 15 is 0 Å². The van der Waals surface area contributed by atoms with Gasteiger partial charge in [0.05, 0.1) is 4.90 Å². The smallest absolute Gasteiger partial charge is 0.175 e. The third-order valence-electron chi connectivity index (χ3n) is 1.93. The Hall–Kier alpha value is -0.540. The SMILES string of the molecule is Cc1ccc(S(C)(=O)=O)c(C)c1Cl. The predicted octanol–water partition coefficient (Wildman–Crippen LogP) is 2.36. The lowest BCUT2D eigenvalue weighted by atomic mass is 10.1. The van der Waals surface area contributed by atoms with E-state index in [1.54, 1.807) is 19.1 Å². The molecule has 0 spiro atoms. The van der Waals surface area contributed by atoms with E-state index in [0.29, 0.717) is 15.5 Å². The third-order valence-corrected chi connectivity index (χ3v) is 3.75. The number of hydrogen-bond acceptors (Lipinski definition) is 2. The molecule has 0 aromatic heterocycles. The Balaban J connectivity index is 3.53. The second-order valence-corrected chi connectivity index (χ2v) is 5.45. The van der Waals surface area contributed by atoms with Gasteiger partial charge in [0.25, 0.3) is 0 Å². The molecule has 0 unspecified atom stereocenters. The average Bonchev–Trinajstić information content (AvgIpc) is 1.98. The Kier molecular flexibility index (Phi) is 2.68.